The van der Waals surface area contributed by atoms with E-state index in [1.807, 2.05) is 29.2 Å². The van der Waals surface area contributed by atoms with Gasteiger partial charge in [0.15, 0.2) is 5.54 Å². The van der Waals surface area contributed by atoms with Crippen molar-refractivity contribution in [1.82, 2.24) is 15.1 Å². The third-order valence-electron chi connectivity index (χ3n) is 7.05. The number of piperidine rings is 1. The summed E-state index contributed by atoms with van der Waals surface area (Å²) in [5.41, 5.74) is -0.659. The molecule has 3 fully saturated rings. The smallest absolute Gasteiger partial charge is 0.325 e. The first-order valence-electron chi connectivity index (χ1n) is 10.9. The fourth-order valence-electron chi connectivity index (χ4n) is 5.40. The van der Waals surface area contributed by atoms with Crippen LogP contribution in [-0.4, -0.2) is 46.8 Å². The first kappa shape index (κ1) is 19.2. The topological polar surface area (TPSA) is 82.9 Å². The van der Waals surface area contributed by atoms with Gasteiger partial charge in [-0.3, -0.25) is 14.5 Å². The maximum Gasteiger partial charge on any atom is 0.325 e. The van der Waals surface area contributed by atoms with Crippen LogP contribution in [0.1, 0.15) is 51.2 Å². The highest BCUT2D eigenvalue weighted by atomic mass is 16.3. The van der Waals surface area contributed by atoms with Gasteiger partial charge in [0.25, 0.3) is 5.91 Å². The quantitative estimate of drug-likeness (QED) is 0.788. The Labute approximate surface area is 175 Å². The zero-order valence-electron chi connectivity index (χ0n) is 17.2. The first-order chi connectivity index (χ1) is 14.5. The van der Waals surface area contributed by atoms with Crippen molar-refractivity contribution < 1.29 is 18.8 Å². The molecule has 3 unspecified atom stereocenters. The minimum Gasteiger partial charge on any atom is -0.458 e. The Kier molecular flexibility index (Phi) is 4.56. The minimum atomic E-state index is -1.31. The van der Waals surface area contributed by atoms with Gasteiger partial charge < -0.3 is 14.6 Å². The van der Waals surface area contributed by atoms with Crippen LogP contribution in [0.15, 0.2) is 34.7 Å². The highest BCUT2D eigenvalue weighted by molar-refractivity contribution is 6.09. The number of furan rings is 1. The van der Waals surface area contributed by atoms with Crippen LogP contribution in [0, 0.1) is 5.92 Å². The highest BCUT2D eigenvalue weighted by Crippen LogP contribution is 2.36. The molecular weight excluding hydrogens is 382 g/mol. The number of nitrogens with zero attached hydrogens (tertiary/aromatic N) is 2. The van der Waals surface area contributed by atoms with Crippen LogP contribution in [0.3, 0.4) is 0 Å². The number of benzene rings is 1. The Balaban J connectivity index is 1.36. The standard InChI is InChI=1S/C23H27N3O4/c1-23(19-13-16-8-3-5-11-18(16)30-19)21(28)26(22(29)24-23)14-20(27)25-12-6-9-15-7-2-4-10-17(15)25/h3,5,8,11,13,15,17H,2,4,6-7,9-10,12,14H2,1H3,(H,24,29). The van der Waals surface area contributed by atoms with Crippen molar-refractivity contribution in [1.29, 1.82) is 0 Å². The number of imide groups is 1. The van der Waals surface area contributed by atoms with E-state index in [0.717, 1.165) is 29.5 Å². The molecule has 0 spiro atoms. The van der Waals surface area contributed by atoms with E-state index in [-0.39, 0.29) is 18.5 Å². The van der Waals surface area contributed by atoms with Crippen molar-refractivity contribution in [2.45, 2.75) is 57.0 Å². The Bertz CT molecular complexity index is 980. The monoisotopic (exact) mass is 409 g/mol. The van der Waals surface area contributed by atoms with Crippen molar-refractivity contribution in [3.8, 4) is 0 Å². The van der Waals surface area contributed by atoms with Gasteiger partial charge in [-0.15, -0.1) is 0 Å². The third-order valence-corrected chi connectivity index (χ3v) is 7.05. The molecule has 2 saturated heterocycles. The van der Waals surface area contributed by atoms with Crippen LogP contribution < -0.4 is 5.32 Å². The molecule has 30 heavy (non-hydrogen) atoms. The molecule has 7 nitrogen and oxygen atoms in total. The molecule has 1 aromatic carbocycles. The molecule has 2 aliphatic heterocycles. The van der Waals surface area contributed by atoms with E-state index in [9.17, 15) is 14.4 Å². The molecule has 5 rings (SSSR count). The average Bonchev–Trinajstić information content (AvgIpc) is 3.29. The Hall–Kier alpha value is -2.83. The summed E-state index contributed by atoms with van der Waals surface area (Å²) in [5.74, 6) is 0.351. The fraction of sp³-hybridized carbons (Fsp3) is 0.522. The van der Waals surface area contributed by atoms with E-state index >= 15 is 0 Å². The fourth-order valence-corrected chi connectivity index (χ4v) is 5.40. The van der Waals surface area contributed by atoms with E-state index in [0.29, 0.717) is 23.8 Å². The van der Waals surface area contributed by atoms with Crippen LogP contribution in [0.25, 0.3) is 11.0 Å². The minimum absolute atomic E-state index is 0.135. The summed E-state index contributed by atoms with van der Waals surface area (Å²) >= 11 is 0. The predicted octanol–water partition coefficient (Wildman–Crippen LogP) is 3.38. The molecule has 158 valence electrons. The summed E-state index contributed by atoms with van der Waals surface area (Å²) in [7, 11) is 0. The molecule has 1 aromatic heterocycles. The van der Waals surface area contributed by atoms with Crippen LogP contribution in [0.5, 0.6) is 0 Å². The molecule has 3 aliphatic rings. The SMILES string of the molecule is CC1(c2cc3ccccc3o2)NC(=O)N(CC(=O)N2CCCC3CCCCC32)C1=O. The number of rotatable bonds is 3. The lowest BCUT2D eigenvalue weighted by atomic mass is 9.78. The normalized spacial score (nSPS) is 29.2. The Morgan fingerprint density at radius 2 is 1.93 bits per heavy atom. The van der Waals surface area contributed by atoms with Crippen molar-refractivity contribution in [3.63, 3.8) is 0 Å². The van der Waals surface area contributed by atoms with Gasteiger partial charge in [0, 0.05) is 18.0 Å². The van der Waals surface area contributed by atoms with Crippen LogP contribution in [0.2, 0.25) is 0 Å². The second-order valence-corrected chi connectivity index (χ2v) is 8.94. The number of nitrogens with one attached hydrogen (secondary N) is 1. The molecule has 7 heteroatoms. The number of hydrogen-bond donors (Lipinski definition) is 1. The van der Waals surface area contributed by atoms with Gasteiger partial charge in [-0.05, 0) is 50.7 Å². The lowest BCUT2D eigenvalue weighted by Gasteiger charge is -2.44. The average molecular weight is 409 g/mol. The van der Waals surface area contributed by atoms with Gasteiger partial charge in [-0.2, -0.15) is 0 Å². The number of para-hydroxylation sites is 1. The number of amides is 4. The molecule has 0 radical (unpaired) electrons. The molecule has 3 heterocycles. The molecular formula is C23H27N3O4. The van der Waals surface area contributed by atoms with Crippen LogP contribution in [-0.2, 0) is 15.1 Å². The molecule has 1 aliphatic carbocycles. The maximum absolute atomic E-state index is 13.2. The van der Waals surface area contributed by atoms with Gasteiger partial charge in [-0.25, -0.2) is 4.79 Å². The summed E-state index contributed by atoms with van der Waals surface area (Å²) in [4.78, 5) is 42.0. The summed E-state index contributed by atoms with van der Waals surface area (Å²) in [6.07, 6.45) is 6.71. The van der Waals surface area contributed by atoms with Gasteiger partial charge >= 0.3 is 6.03 Å². The first-order valence-corrected chi connectivity index (χ1v) is 10.9. The molecule has 1 saturated carbocycles. The van der Waals surface area contributed by atoms with Crippen molar-refractivity contribution in [2.24, 2.45) is 5.92 Å². The molecule has 3 atom stereocenters. The van der Waals surface area contributed by atoms with E-state index in [1.54, 1.807) is 13.0 Å². The summed E-state index contributed by atoms with van der Waals surface area (Å²) in [5, 5.41) is 3.61. The van der Waals surface area contributed by atoms with Crippen molar-refractivity contribution >= 4 is 28.8 Å². The third kappa shape index (κ3) is 2.99. The molecule has 2 aromatic rings. The Morgan fingerprint density at radius 1 is 1.17 bits per heavy atom. The number of fused-ring (bicyclic) bond motifs is 2. The van der Waals surface area contributed by atoms with E-state index < -0.39 is 17.5 Å². The van der Waals surface area contributed by atoms with Gasteiger partial charge in [0.05, 0.1) is 0 Å². The number of carbonyl (C=O) groups excluding carboxylic acids is 3. The molecule has 4 amide bonds. The van der Waals surface area contributed by atoms with E-state index in [2.05, 4.69) is 5.32 Å². The maximum atomic E-state index is 13.2. The summed E-state index contributed by atoms with van der Waals surface area (Å²) < 4.78 is 5.86. The van der Waals surface area contributed by atoms with E-state index in [4.69, 9.17) is 4.42 Å². The van der Waals surface area contributed by atoms with Crippen molar-refractivity contribution in [3.05, 3.63) is 36.1 Å². The van der Waals surface area contributed by atoms with Crippen LogP contribution in [0.4, 0.5) is 4.79 Å². The van der Waals surface area contributed by atoms with Gasteiger partial charge in [0.2, 0.25) is 5.91 Å². The second-order valence-electron chi connectivity index (χ2n) is 8.94. The zero-order valence-corrected chi connectivity index (χ0v) is 17.2. The lowest BCUT2D eigenvalue weighted by Crippen LogP contribution is -2.53. The summed E-state index contributed by atoms with van der Waals surface area (Å²) in [6.45, 7) is 2.13. The molecule has 0 bridgehead atoms. The van der Waals surface area contributed by atoms with Gasteiger partial charge in [-0.1, -0.05) is 31.0 Å². The number of urea groups is 1. The predicted molar refractivity (Wildman–Crippen MR) is 111 cm³/mol. The number of carbonyl (C=O) groups is 3. The highest BCUT2D eigenvalue weighted by Gasteiger charge is 2.52. The zero-order chi connectivity index (χ0) is 20.9. The second kappa shape index (κ2) is 7.15. The van der Waals surface area contributed by atoms with Crippen molar-refractivity contribution in [2.75, 3.05) is 13.1 Å². The van der Waals surface area contributed by atoms with Crippen LogP contribution >= 0.6 is 0 Å². The molecule has 1 N–H and O–H groups in total. The largest absolute Gasteiger partial charge is 0.458 e. The number of likely N-dealkylation sites (tertiary alicyclic amines) is 1. The Morgan fingerprint density at radius 3 is 2.77 bits per heavy atom. The van der Waals surface area contributed by atoms with E-state index in [1.165, 1.54) is 19.3 Å². The summed E-state index contributed by atoms with van der Waals surface area (Å²) in [6, 6.07) is 8.94. The lowest BCUT2D eigenvalue weighted by molar-refractivity contribution is -0.143. The number of hydrogen-bond acceptors (Lipinski definition) is 4. The van der Waals surface area contributed by atoms with Gasteiger partial charge in [0.1, 0.15) is 17.9 Å².